The molecular formula is C16H23N3O2. The van der Waals surface area contributed by atoms with Gasteiger partial charge in [0.1, 0.15) is 0 Å². The zero-order valence-electron chi connectivity index (χ0n) is 12.5. The molecule has 3 heterocycles. The summed E-state index contributed by atoms with van der Waals surface area (Å²) < 4.78 is 0. The molecule has 0 radical (unpaired) electrons. The first-order chi connectivity index (χ1) is 10.2. The van der Waals surface area contributed by atoms with Crippen LogP contribution < -0.4 is 5.32 Å². The molecular weight excluding hydrogens is 266 g/mol. The topological polar surface area (TPSA) is 65.5 Å². The van der Waals surface area contributed by atoms with Crippen LogP contribution in [0.3, 0.4) is 0 Å². The Kier molecular flexibility index (Phi) is 3.95. The van der Waals surface area contributed by atoms with Gasteiger partial charge in [-0.3, -0.25) is 9.78 Å². The van der Waals surface area contributed by atoms with E-state index in [0.717, 1.165) is 38.2 Å². The third-order valence-electron chi connectivity index (χ3n) is 5.16. The van der Waals surface area contributed by atoms with Gasteiger partial charge >= 0.3 is 0 Å². The number of piperidine rings is 1. The van der Waals surface area contributed by atoms with E-state index in [1.807, 2.05) is 17.9 Å². The normalized spacial score (nSPS) is 24.5. The van der Waals surface area contributed by atoms with Gasteiger partial charge in [0.15, 0.2) is 0 Å². The van der Waals surface area contributed by atoms with Crippen molar-refractivity contribution in [2.24, 2.45) is 11.3 Å². The van der Waals surface area contributed by atoms with Crippen LogP contribution in [-0.4, -0.2) is 53.7 Å². The van der Waals surface area contributed by atoms with Gasteiger partial charge in [-0.1, -0.05) is 0 Å². The van der Waals surface area contributed by atoms with Crippen molar-refractivity contribution in [2.45, 2.75) is 19.8 Å². The maximum Gasteiger partial charge on any atom is 0.255 e. The molecule has 21 heavy (non-hydrogen) atoms. The summed E-state index contributed by atoms with van der Waals surface area (Å²) in [7, 11) is 0. The Labute approximate surface area is 125 Å². The Bertz CT molecular complexity index is 526. The molecule has 1 amide bonds. The second kappa shape index (κ2) is 5.73. The summed E-state index contributed by atoms with van der Waals surface area (Å²) in [5, 5.41) is 13.1. The molecule has 1 unspecified atom stereocenters. The second-order valence-corrected chi connectivity index (χ2v) is 6.31. The van der Waals surface area contributed by atoms with Gasteiger partial charge in [0.05, 0.1) is 5.56 Å². The average molecular weight is 289 g/mol. The fourth-order valence-corrected chi connectivity index (χ4v) is 3.81. The lowest BCUT2D eigenvalue weighted by atomic mass is 9.71. The van der Waals surface area contributed by atoms with Crippen LogP contribution >= 0.6 is 0 Å². The van der Waals surface area contributed by atoms with Crippen molar-refractivity contribution in [3.8, 4) is 0 Å². The average Bonchev–Trinajstić information content (AvgIpc) is 2.86. The maximum absolute atomic E-state index is 12.7. The minimum atomic E-state index is 0.0504. The second-order valence-electron chi connectivity index (χ2n) is 6.31. The molecule has 5 heteroatoms. The predicted octanol–water partition coefficient (Wildman–Crippen LogP) is 0.824. The molecule has 2 aliphatic rings. The molecule has 0 aliphatic carbocycles. The van der Waals surface area contributed by atoms with Crippen molar-refractivity contribution in [2.75, 3.05) is 32.8 Å². The van der Waals surface area contributed by atoms with Crippen LogP contribution in [0.15, 0.2) is 18.3 Å². The van der Waals surface area contributed by atoms with Gasteiger partial charge in [0.25, 0.3) is 5.91 Å². The van der Waals surface area contributed by atoms with E-state index in [1.54, 1.807) is 12.3 Å². The molecule has 1 aromatic rings. The molecule has 3 rings (SSSR count). The van der Waals surface area contributed by atoms with E-state index in [0.29, 0.717) is 12.1 Å². The van der Waals surface area contributed by atoms with Crippen molar-refractivity contribution in [3.05, 3.63) is 29.6 Å². The zero-order chi connectivity index (χ0) is 14.9. The third kappa shape index (κ3) is 2.56. The number of aryl methyl sites for hydroxylation is 1. The highest BCUT2D eigenvalue weighted by Crippen LogP contribution is 2.43. The lowest BCUT2D eigenvalue weighted by molar-refractivity contribution is 0.0754. The highest BCUT2D eigenvalue weighted by Gasteiger charge is 2.48. The molecule has 5 nitrogen and oxygen atoms in total. The van der Waals surface area contributed by atoms with Gasteiger partial charge in [-0.15, -0.1) is 0 Å². The van der Waals surface area contributed by atoms with Crippen molar-refractivity contribution in [3.63, 3.8) is 0 Å². The summed E-state index contributed by atoms with van der Waals surface area (Å²) in [5.41, 5.74) is 1.54. The molecule has 0 aromatic carbocycles. The molecule has 1 aromatic heterocycles. The first-order valence-electron chi connectivity index (χ1n) is 7.69. The number of aliphatic hydroxyl groups is 1. The van der Waals surface area contributed by atoms with E-state index in [4.69, 9.17) is 0 Å². The van der Waals surface area contributed by atoms with E-state index >= 15 is 0 Å². The lowest BCUT2D eigenvalue weighted by Crippen LogP contribution is -2.43. The fraction of sp³-hybridized carbons (Fsp3) is 0.625. The van der Waals surface area contributed by atoms with Crippen molar-refractivity contribution in [1.82, 2.24) is 15.2 Å². The molecule has 2 aliphatic heterocycles. The lowest BCUT2D eigenvalue weighted by Gasteiger charge is -2.37. The minimum absolute atomic E-state index is 0.0504. The summed E-state index contributed by atoms with van der Waals surface area (Å²) in [6.07, 6.45) is 3.78. The quantitative estimate of drug-likeness (QED) is 0.846. The number of pyridine rings is 1. The SMILES string of the molecule is Cc1ncccc1C(=O)N1CC(CO)C2(CCNCC2)C1. The Balaban J connectivity index is 1.81. The van der Waals surface area contributed by atoms with Crippen molar-refractivity contribution < 1.29 is 9.90 Å². The summed E-state index contributed by atoms with van der Waals surface area (Å²) in [4.78, 5) is 18.9. The number of rotatable bonds is 2. The van der Waals surface area contributed by atoms with Gasteiger partial charge in [0.2, 0.25) is 0 Å². The molecule has 2 saturated heterocycles. The molecule has 1 atom stereocenters. The van der Waals surface area contributed by atoms with E-state index in [-0.39, 0.29) is 23.8 Å². The molecule has 2 N–H and O–H groups in total. The van der Waals surface area contributed by atoms with E-state index in [2.05, 4.69) is 10.3 Å². The minimum Gasteiger partial charge on any atom is -0.396 e. The molecule has 0 bridgehead atoms. The first-order valence-corrected chi connectivity index (χ1v) is 7.69. The van der Waals surface area contributed by atoms with E-state index in [9.17, 15) is 9.90 Å². The Morgan fingerprint density at radius 3 is 2.95 bits per heavy atom. The highest BCUT2D eigenvalue weighted by atomic mass is 16.3. The van der Waals surface area contributed by atoms with Crippen LogP contribution in [0, 0.1) is 18.3 Å². The van der Waals surface area contributed by atoms with Crippen LogP contribution in [0.4, 0.5) is 0 Å². The number of hydrogen-bond donors (Lipinski definition) is 2. The Morgan fingerprint density at radius 1 is 1.52 bits per heavy atom. The zero-order valence-corrected chi connectivity index (χ0v) is 12.5. The van der Waals surface area contributed by atoms with Gasteiger partial charge in [-0.05, 0) is 50.4 Å². The molecule has 2 fully saturated rings. The molecule has 114 valence electrons. The summed E-state index contributed by atoms with van der Waals surface area (Å²) in [5.74, 6) is 0.245. The van der Waals surface area contributed by atoms with E-state index in [1.165, 1.54) is 0 Å². The maximum atomic E-state index is 12.7. The van der Waals surface area contributed by atoms with Crippen molar-refractivity contribution >= 4 is 5.91 Å². The van der Waals surface area contributed by atoms with Gasteiger partial charge in [0, 0.05) is 37.5 Å². The van der Waals surface area contributed by atoms with Gasteiger partial charge in [-0.2, -0.15) is 0 Å². The van der Waals surface area contributed by atoms with Crippen LogP contribution in [0.5, 0.6) is 0 Å². The predicted molar refractivity (Wildman–Crippen MR) is 80.0 cm³/mol. The number of carbonyl (C=O) groups is 1. The monoisotopic (exact) mass is 289 g/mol. The third-order valence-corrected chi connectivity index (χ3v) is 5.16. The number of aromatic nitrogens is 1. The fourth-order valence-electron chi connectivity index (χ4n) is 3.81. The Morgan fingerprint density at radius 2 is 2.29 bits per heavy atom. The van der Waals surface area contributed by atoms with Crippen LogP contribution in [-0.2, 0) is 0 Å². The number of nitrogens with one attached hydrogen (secondary N) is 1. The summed E-state index contributed by atoms with van der Waals surface area (Å²) in [6, 6.07) is 3.65. The Hall–Kier alpha value is -1.46. The van der Waals surface area contributed by atoms with E-state index < -0.39 is 0 Å². The van der Waals surface area contributed by atoms with Crippen LogP contribution in [0.2, 0.25) is 0 Å². The van der Waals surface area contributed by atoms with Crippen LogP contribution in [0.1, 0.15) is 28.9 Å². The number of amides is 1. The highest BCUT2D eigenvalue weighted by molar-refractivity contribution is 5.95. The van der Waals surface area contributed by atoms with Gasteiger partial charge in [-0.25, -0.2) is 0 Å². The summed E-state index contributed by atoms with van der Waals surface area (Å²) >= 11 is 0. The summed E-state index contributed by atoms with van der Waals surface area (Å²) in [6.45, 7) is 5.40. The first kappa shape index (κ1) is 14.5. The van der Waals surface area contributed by atoms with Gasteiger partial charge < -0.3 is 15.3 Å². The largest absolute Gasteiger partial charge is 0.396 e. The van der Waals surface area contributed by atoms with Crippen LogP contribution in [0.25, 0.3) is 0 Å². The number of likely N-dealkylation sites (tertiary alicyclic amines) is 1. The number of aliphatic hydroxyl groups excluding tert-OH is 1. The molecule has 1 spiro atoms. The number of nitrogens with zero attached hydrogens (tertiary/aromatic N) is 2. The molecule has 0 saturated carbocycles. The van der Waals surface area contributed by atoms with Crippen molar-refractivity contribution in [1.29, 1.82) is 0 Å². The number of carbonyl (C=O) groups excluding carboxylic acids is 1. The smallest absolute Gasteiger partial charge is 0.255 e. The standard InChI is InChI=1S/C16H23N3O2/c1-12-14(3-2-6-18-12)15(21)19-9-13(10-20)16(11-19)4-7-17-8-5-16/h2-3,6,13,17,20H,4-5,7-11H2,1H3. The number of hydrogen-bond acceptors (Lipinski definition) is 4.